The molecule has 31 heavy (non-hydrogen) atoms. The smallest absolute Gasteiger partial charge is 0.274 e. The quantitative estimate of drug-likeness (QED) is 0.253. The molecule has 0 aliphatic heterocycles. The van der Waals surface area contributed by atoms with Gasteiger partial charge in [-0.3, -0.25) is 4.79 Å². The molecule has 1 aromatic heterocycles. The average molecular weight is 507 g/mol. The molecule has 0 aliphatic rings. The Morgan fingerprint density at radius 3 is 2.74 bits per heavy atom. The first-order valence-corrected chi connectivity index (χ1v) is 10.4. The number of hydrazone groups is 1. The Morgan fingerprint density at radius 2 is 2.00 bits per heavy atom. The zero-order chi connectivity index (χ0) is 22.2. The van der Waals surface area contributed by atoms with Crippen molar-refractivity contribution in [3.8, 4) is 11.5 Å². The van der Waals surface area contributed by atoms with Gasteiger partial charge in [0.2, 0.25) is 0 Å². The second kappa shape index (κ2) is 10.9. The van der Waals surface area contributed by atoms with Crippen LogP contribution in [0.5, 0.6) is 11.5 Å². The third-order valence-corrected chi connectivity index (χ3v) is 5.07. The standard InChI is InChI=1S/C22H18BrClFN3O3/c1-2-30-19-10-15(12-27-28-22(29)16-7-5-9-26-21(16)24)17(23)11-20(19)31-13-14-6-3-4-8-18(14)25/h3-12H,2,13H2,1H3,(H,28,29). The van der Waals surface area contributed by atoms with Crippen LogP contribution >= 0.6 is 27.5 Å². The molecule has 0 unspecified atom stereocenters. The summed E-state index contributed by atoms with van der Waals surface area (Å²) in [6, 6.07) is 13.0. The van der Waals surface area contributed by atoms with E-state index in [0.29, 0.717) is 33.7 Å². The maximum absolute atomic E-state index is 13.9. The number of hydrogen-bond acceptors (Lipinski definition) is 5. The number of ether oxygens (including phenoxy) is 2. The summed E-state index contributed by atoms with van der Waals surface area (Å²) in [5.74, 6) is 0.0820. The van der Waals surface area contributed by atoms with Crippen LogP contribution in [0, 0.1) is 5.82 Å². The highest BCUT2D eigenvalue weighted by molar-refractivity contribution is 9.10. The first kappa shape index (κ1) is 22.7. The van der Waals surface area contributed by atoms with Crippen molar-refractivity contribution in [1.29, 1.82) is 0 Å². The van der Waals surface area contributed by atoms with Crippen LogP contribution in [0.3, 0.4) is 0 Å². The van der Waals surface area contributed by atoms with Crippen LogP contribution in [0.2, 0.25) is 5.15 Å². The minimum atomic E-state index is -0.486. The van der Waals surface area contributed by atoms with Gasteiger partial charge in [-0.05, 0) is 53.2 Å². The fourth-order valence-electron chi connectivity index (χ4n) is 2.58. The Balaban J connectivity index is 1.74. The molecule has 0 aliphatic carbocycles. The summed E-state index contributed by atoms with van der Waals surface area (Å²) in [6.45, 7) is 2.30. The normalized spacial score (nSPS) is 10.8. The predicted octanol–water partition coefficient (Wildman–Crippen LogP) is 5.38. The van der Waals surface area contributed by atoms with Crippen molar-refractivity contribution in [1.82, 2.24) is 10.4 Å². The Kier molecular flexibility index (Phi) is 7.97. The largest absolute Gasteiger partial charge is 0.490 e. The number of benzene rings is 2. The van der Waals surface area contributed by atoms with Gasteiger partial charge in [-0.2, -0.15) is 5.10 Å². The molecule has 0 atom stereocenters. The number of carbonyl (C=O) groups excluding carboxylic acids is 1. The van der Waals surface area contributed by atoms with Gasteiger partial charge in [0, 0.05) is 21.8 Å². The number of aromatic nitrogens is 1. The fraction of sp³-hybridized carbons (Fsp3) is 0.136. The molecule has 0 spiro atoms. The summed E-state index contributed by atoms with van der Waals surface area (Å²) < 4.78 is 25.9. The SMILES string of the molecule is CCOc1cc(C=NNC(=O)c2cccnc2Cl)c(Br)cc1OCc1ccccc1F. The summed E-state index contributed by atoms with van der Waals surface area (Å²) in [7, 11) is 0. The second-order valence-electron chi connectivity index (χ2n) is 6.17. The number of pyridine rings is 1. The van der Waals surface area contributed by atoms with E-state index in [1.807, 2.05) is 6.92 Å². The van der Waals surface area contributed by atoms with Crippen molar-refractivity contribution in [3.05, 3.63) is 86.9 Å². The third-order valence-electron chi connectivity index (χ3n) is 4.08. The van der Waals surface area contributed by atoms with Gasteiger partial charge in [0.15, 0.2) is 11.5 Å². The van der Waals surface area contributed by atoms with Gasteiger partial charge >= 0.3 is 0 Å². The summed E-state index contributed by atoms with van der Waals surface area (Å²) in [4.78, 5) is 16.0. The van der Waals surface area contributed by atoms with Crippen LogP contribution < -0.4 is 14.9 Å². The van der Waals surface area contributed by atoms with Crippen molar-refractivity contribution in [2.45, 2.75) is 13.5 Å². The molecule has 3 aromatic rings. The molecule has 1 heterocycles. The Morgan fingerprint density at radius 1 is 1.23 bits per heavy atom. The van der Waals surface area contributed by atoms with E-state index in [9.17, 15) is 9.18 Å². The van der Waals surface area contributed by atoms with Crippen LogP contribution in [-0.2, 0) is 6.61 Å². The van der Waals surface area contributed by atoms with E-state index in [1.165, 1.54) is 18.5 Å². The molecular formula is C22H18BrClFN3O3. The molecule has 3 rings (SSSR count). The van der Waals surface area contributed by atoms with E-state index < -0.39 is 5.91 Å². The molecule has 0 bridgehead atoms. The van der Waals surface area contributed by atoms with Crippen LogP contribution in [0.1, 0.15) is 28.4 Å². The number of halogens is 3. The molecule has 0 saturated heterocycles. The van der Waals surface area contributed by atoms with E-state index in [-0.39, 0.29) is 23.1 Å². The van der Waals surface area contributed by atoms with Crippen LogP contribution in [0.15, 0.2) is 64.3 Å². The van der Waals surface area contributed by atoms with E-state index >= 15 is 0 Å². The molecule has 0 saturated carbocycles. The first-order chi connectivity index (χ1) is 15.0. The second-order valence-corrected chi connectivity index (χ2v) is 7.39. The van der Waals surface area contributed by atoms with Gasteiger partial charge in [0.1, 0.15) is 17.6 Å². The van der Waals surface area contributed by atoms with Gasteiger partial charge in [0.05, 0.1) is 18.4 Å². The zero-order valence-corrected chi connectivity index (χ0v) is 18.8. The zero-order valence-electron chi connectivity index (χ0n) is 16.4. The lowest BCUT2D eigenvalue weighted by Crippen LogP contribution is -2.18. The molecule has 160 valence electrons. The van der Waals surface area contributed by atoms with Gasteiger partial charge in [-0.15, -0.1) is 0 Å². The molecule has 1 N–H and O–H groups in total. The topological polar surface area (TPSA) is 72.8 Å². The lowest BCUT2D eigenvalue weighted by molar-refractivity contribution is 0.0955. The molecule has 0 radical (unpaired) electrons. The lowest BCUT2D eigenvalue weighted by atomic mass is 10.2. The van der Waals surface area contributed by atoms with Crippen molar-refractivity contribution in [2.75, 3.05) is 6.61 Å². The number of rotatable bonds is 8. The van der Waals surface area contributed by atoms with E-state index in [1.54, 1.807) is 42.5 Å². The van der Waals surface area contributed by atoms with Crippen molar-refractivity contribution in [3.63, 3.8) is 0 Å². The minimum absolute atomic E-state index is 0.0502. The van der Waals surface area contributed by atoms with Crippen LogP contribution in [-0.4, -0.2) is 23.7 Å². The van der Waals surface area contributed by atoms with Gasteiger partial charge in [-0.1, -0.05) is 29.8 Å². The summed E-state index contributed by atoms with van der Waals surface area (Å²) in [5.41, 5.74) is 3.69. The fourth-order valence-corrected chi connectivity index (χ4v) is 3.21. The number of hydrogen-bond donors (Lipinski definition) is 1. The Labute approximate surface area is 192 Å². The highest BCUT2D eigenvalue weighted by Crippen LogP contribution is 2.34. The Bertz CT molecular complexity index is 1110. The number of nitrogens with one attached hydrogen (secondary N) is 1. The van der Waals surface area contributed by atoms with Crippen LogP contribution in [0.4, 0.5) is 4.39 Å². The Hall–Kier alpha value is -2.97. The molecule has 2 aromatic carbocycles. The monoisotopic (exact) mass is 505 g/mol. The average Bonchev–Trinajstić information content (AvgIpc) is 2.76. The van der Waals surface area contributed by atoms with Crippen molar-refractivity contribution in [2.24, 2.45) is 5.10 Å². The predicted molar refractivity (Wildman–Crippen MR) is 120 cm³/mol. The summed E-state index contributed by atoms with van der Waals surface area (Å²) >= 11 is 9.36. The van der Waals surface area contributed by atoms with Crippen molar-refractivity contribution >= 4 is 39.7 Å². The summed E-state index contributed by atoms with van der Waals surface area (Å²) in [5, 5.41) is 4.06. The first-order valence-electron chi connectivity index (χ1n) is 9.26. The molecule has 9 heteroatoms. The maximum atomic E-state index is 13.9. The van der Waals surface area contributed by atoms with E-state index in [2.05, 4.69) is 31.4 Å². The van der Waals surface area contributed by atoms with Crippen LogP contribution in [0.25, 0.3) is 0 Å². The lowest BCUT2D eigenvalue weighted by Gasteiger charge is -2.14. The van der Waals surface area contributed by atoms with Crippen molar-refractivity contribution < 1.29 is 18.7 Å². The van der Waals surface area contributed by atoms with Gasteiger partial charge in [0.25, 0.3) is 5.91 Å². The third kappa shape index (κ3) is 6.02. The maximum Gasteiger partial charge on any atom is 0.274 e. The number of nitrogens with zero attached hydrogens (tertiary/aromatic N) is 2. The highest BCUT2D eigenvalue weighted by atomic mass is 79.9. The van der Waals surface area contributed by atoms with E-state index in [4.69, 9.17) is 21.1 Å². The van der Waals surface area contributed by atoms with Gasteiger partial charge in [-0.25, -0.2) is 14.8 Å². The highest BCUT2D eigenvalue weighted by Gasteiger charge is 2.12. The molecule has 6 nitrogen and oxygen atoms in total. The number of amides is 1. The van der Waals surface area contributed by atoms with E-state index in [0.717, 1.165) is 0 Å². The molecular weight excluding hydrogens is 489 g/mol. The molecule has 0 fully saturated rings. The molecule has 1 amide bonds. The summed E-state index contributed by atoms with van der Waals surface area (Å²) in [6.07, 6.45) is 2.94. The van der Waals surface area contributed by atoms with Gasteiger partial charge < -0.3 is 9.47 Å². The number of carbonyl (C=O) groups is 1. The minimum Gasteiger partial charge on any atom is -0.490 e.